The van der Waals surface area contributed by atoms with Crippen molar-refractivity contribution in [3.63, 3.8) is 0 Å². The number of carbonyl (C=O) groups excluding carboxylic acids is 2. The first-order valence-corrected chi connectivity index (χ1v) is 11.6. The molecule has 0 bridgehead atoms. The van der Waals surface area contributed by atoms with Crippen molar-refractivity contribution in [2.24, 2.45) is 0 Å². The summed E-state index contributed by atoms with van der Waals surface area (Å²) >= 11 is 0. The van der Waals surface area contributed by atoms with Gasteiger partial charge in [0.05, 0.1) is 6.61 Å². The van der Waals surface area contributed by atoms with E-state index in [1.807, 2.05) is 13.0 Å². The summed E-state index contributed by atoms with van der Waals surface area (Å²) in [5.74, 6) is 1.52. The number of allylic oxidation sites excluding steroid dienone is 1. The van der Waals surface area contributed by atoms with Crippen LogP contribution in [0, 0.1) is 0 Å². The van der Waals surface area contributed by atoms with Gasteiger partial charge in [0.1, 0.15) is 5.78 Å². The van der Waals surface area contributed by atoms with Gasteiger partial charge in [-0.1, -0.05) is 66.2 Å². The molecule has 2 saturated carbocycles. The van der Waals surface area contributed by atoms with Crippen molar-refractivity contribution < 1.29 is 14.3 Å². The maximum absolute atomic E-state index is 11.4. The second-order valence-corrected chi connectivity index (χ2v) is 8.46. The van der Waals surface area contributed by atoms with Crippen LogP contribution in [0.5, 0.6) is 0 Å². The van der Waals surface area contributed by atoms with E-state index in [2.05, 4.69) is 54.6 Å². The predicted octanol–water partition coefficient (Wildman–Crippen LogP) is 6.75. The number of rotatable bonds is 4. The van der Waals surface area contributed by atoms with Crippen LogP contribution in [-0.2, 0) is 14.3 Å². The summed E-state index contributed by atoms with van der Waals surface area (Å²) in [5.41, 5.74) is 4.06. The molecular formula is C28H34O3. The van der Waals surface area contributed by atoms with Gasteiger partial charge in [0, 0.05) is 18.9 Å². The lowest BCUT2D eigenvalue weighted by atomic mass is 9.81. The first kappa shape index (κ1) is 23.0. The topological polar surface area (TPSA) is 43.4 Å². The fourth-order valence-corrected chi connectivity index (χ4v) is 4.54. The maximum Gasteiger partial charge on any atom is 0.330 e. The Bertz CT molecular complexity index is 834. The first-order valence-electron chi connectivity index (χ1n) is 11.6. The van der Waals surface area contributed by atoms with Crippen molar-refractivity contribution in [3.8, 4) is 0 Å². The molecule has 2 aromatic rings. The van der Waals surface area contributed by atoms with Crippen LogP contribution in [0.3, 0.4) is 0 Å². The third-order valence-electron chi connectivity index (χ3n) is 6.32. The second kappa shape index (κ2) is 12.2. The summed E-state index contributed by atoms with van der Waals surface area (Å²) in [6.07, 6.45) is 9.62. The molecular weight excluding hydrogens is 384 g/mol. The van der Waals surface area contributed by atoms with Gasteiger partial charge in [0.2, 0.25) is 0 Å². The summed E-state index contributed by atoms with van der Waals surface area (Å²) in [6, 6.07) is 21.2. The molecule has 0 aliphatic heterocycles. The van der Waals surface area contributed by atoms with E-state index in [0.717, 1.165) is 51.4 Å². The van der Waals surface area contributed by atoms with E-state index in [1.165, 1.54) is 16.7 Å². The Kier molecular flexibility index (Phi) is 9.08. The third kappa shape index (κ3) is 7.50. The number of esters is 1. The summed E-state index contributed by atoms with van der Waals surface area (Å²) < 4.78 is 4.94. The standard InChI is InChI=1S/C16H20O2.C12H14O/c1-2-18-16(17)12-13-8-10-15(11-9-13)14-6-4-3-5-7-14;13-12-8-6-11(7-9-12)10-4-2-1-3-5-10/h3-7,12,15H,2,8-11H2,1H3;1-5,11H,6-9H2. The van der Waals surface area contributed by atoms with Crippen molar-refractivity contribution >= 4 is 11.8 Å². The zero-order valence-electron chi connectivity index (χ0n) is 18.6. The molecule has 0 radical (unpaired) electrons. The molecule has 0 N–H and O–H groups in total. The van der Waals surface area contributed by atoms with E-state index in [0.29, 0.717) is 24.2 Å². The molecule has 164 valence electrons. The quantitative estimate of drug-likeness (QED) is 0.407. The summed E-state index contributed by atoms with van der Waals surface area (Å²) in [5, 5.41) is 0. The van der Waals surface area contributed by atoms with Crippen LogP contribution in [0.4, 0.5) is 0 Å². The third-order valence-corrected chi connectivity index (χ3v) is 6.32. The summed E-state index contributed by atoms with van der Waals surface area (Å²) in [7, 11) is 0. The normalized spacial score (nSPS) is 19.2. The van der Waals surface area contributed by atoms with Crippen molar-refractivity contribution in [2.45, 2.75) is 70.1 Å². The highest BCUT2D eigenvalue weighted by Crippen LogP contribution is 2.35. The highest BCUT2D eigenvalue weighted by atomic mass is 16.5. The molecule has 3 heteroatoms. The number of benzene rings is 2. The van der Waals surface area contributed by atoms with Crippen LogP contribution in [0.25, 0.3) is 0 Å². The highest BCUT2D eigenvalue weighted by Gasteiger charge is 2.20. The average molecular weight is 419 g/mol. The number of hydrogen-bond donors (Lipinski definition) is 0. The van der Waals surface area contributed by atoms with Gasteiger partial charge in [-0.05, 0) is 68.4 Å². The van der Waals surface area contributed by atoms with Gasteiger partial charge < -0.3 is 4.74 Å². The lowest BCUT2D eigenvalue weighted by Crippen LogP contribution is -2.12. The van der Waals surface area contributed by atoms with Gasteiger partial charge in [0.15, 0.2) is 0 Å². The molecule has 31 heavy (non-hydrogen) atoms. The molecule has 0 atom stereocenters. The molecule has 0 heterocycles. The van der Waals surface area contributed by atoms with Gasteiger partial charge in [-0.25, -0.2) is 4.79 Å². The molecule has 0 unspecified atom stereocenters. The highest BCUT2D eigenvalue weighted by molar-refractivity contribution is 5.82. The molecule has 2 fully saturated rings. The number of hydrogen-bond acceptors (Lipinski definition) is 3. The van der Waals surface area contributed by atoms with Crippen LogP contribution in [0.2, 0.25) is 0 Å². The van der Waals surface area contributed by atoms with Gasteiger partial charge in [-0.3, -0.25) is 4.79 Å². The number of ether oxygens (including phenoxy) is 1. The van der Waals surface area contributed by atoms with Crippen LogP contribution in [0.15, 0.2) is 72.3 Å². The molecule has 0 saturated heterocycles. The number of Topliss-reactive ketones (excluding diaryl/α,β-unsaturated/α-hetero) is 1. The van der Waals surface area contributed by atoms with Gasteiger partial charge in [0.25, 0.3) is 0 Å². The molecule has 0 aromatic heterocycles. The molecule has 3 nitrogen and oxygen atoms in total. The lowest BCUT2D eigenvalue weighted by Gasteiger charge is -2.24. The fourth-order valence-electron chi connectivity index (χ4n) is 4.54. The monoisotopic (exact) mass is 418 g/mol. The molecule has 2 aromatic carbocycles. The molecule has 0 spiro atoms. The van der Waals surface area contributed by atoms with Crippen LogP contribution < -0.4 is 0 Å². The Hall–Kier alpha value is -2.68. The Balaban J connectivity index is 0.000000185. The summed E-state index contributed by atoms with van der Waals surface area (Å²) in [6.45, 7) is 2.29. The van der Waals surface area contributed by atoms with E-state index in [9.17, 15) is 9.59 Å². The van der Waals surface area contributed by atoms with Gasteiger partial charge in [-0.15, -0.1) is 0 Å². The van der Waals surface area contributed by atoms with E-state index in [4.69, 9.17) is 4.74 Å². The van der Waals surface area contributed by atoms with E-state index < -0.39 is 0 Å². The smallest absolute Gasteiger partial charge is 0.330 e. The number of ketones is 1. The van der Waals surface area contributed by atoms with Crippen molar-refractivity contribution in [2.75, 3.05) is 6.61 Å². The number of carbonyl (C=O) groups is 2. The maximum atomic E-state index is 11.4. The molecule has 2 aliphatic rings. The SMILES string of the molecule is CCOC(=O)C=C1CCC(c2ccccc2)CC1.O=C1CCC(c2ccccc2)CC1. The van der Waals surface area contributed by atoms with Crippen molar-refractivity contribution in [3.05, 3.63) is 83.4 Å². The van der Waals surface area contributed by atoms with Crippen molar-refractivity contribution in [1.82, 2.24) is 0 Å². The van der Waals surface area contributed by atoms with Crippen LogP contribution in [0.1, 0.15) is 81.3 Å². The van der Waals surface area contributed by atoms with Gasteiger partial charge in [-0.2, -0.15) is 0 Å². The minimum atomic E-state index is -0.189. The van der Waals surface area contributed by atoms with E-state index >= 15 is 0 Å². The average Bonchev–Trinajstić information content (AvgIpc) is 2.82. The fraction of sp³-hybridized carbons (Fsp3) is 0.429. The minimum Gasteiger partial charge on any atom is -0.463 e. The van der Waals surface area contributed by atoms with Crippen LogP contribution >= 0.6 is 0 Å². The molecule has 0 amide bonds. The largest absolute Gasteiger partial charge is 0.463 e. The van der Waals surface area contributed by atoms with Gasteiger partial charge >= 0.3 is 5.97 Å². The van der Waals surface area contributed by atoms with E-state index in [1.54, 1.807) is 6.08 Å². The Morgan fingerprint density at radius 1 is 0.806 bits per heavy atom. The van der Waals surface area contributed by atoms with E-state index in [-0.39, 0.29) is 5.97 Å². The first-order chi connectivity index (χ1) is 15.2. The van der Waals surface area contributed by atoms with Crippen molar-refractivity contribution in [1.29, 1.82) is 0 Å². The predicted molar refractivity (Wildman–Crippen MR) is 125 cm³/mol. The Morgan fingerprint density at radius 2 is 1.26 bits per heavy atom. The Morgan fingerprint density at radius 3 is 1.71 bits per heavy atom. The minimum absolute atomic E-state index is 0.189. The lowest BCUT2D eigenvalue weighted by molar-refractivity contribution is -0.137. The molecule has 4 rings (SSSR count). The zero-order chi connectivity index (χ0) is 21.9. The second-order valence-electron chi connectivity index (χ2n) is 8.46. The van der Waals surface area contributed by atoms with Crippen LogP contribution in [-0.4, -0.2) is 18.4 Å². The summed E-state index contributed by atoms with van der Waals surface area (Å²) in [4.78, 5) is 22.4. The zero-order valence-corrected chi connectivity index (χ0v) is 18.6. The molecule has 2 aliphatic carbocycles. The Labute approximate surface area is 186 Å².